The van der Waals surface area contributed by atoms with Gasteiger partial charge in [0.05, 0.1) is 11.4 Å². The van der Waals surface area contributed by atoms with E-state index in [9.17, 15) is 9.90 Å². The van der Waals surface area contributed by atoms with Crippen LogP contribution in [-0.4, -0.2) is 38.3 Å². The van der Waals surface area contributed by atoms with Crippen molar-refractivity contribution in [2.45, 2.75) is 45.7 Å². The Morgan fingerprint density at radius 1 is 1.58 bits per heavy atom. The minimum atomic E-state index is -0.704. The Morgan fingerprint density at radius 2 is 2.32 bits per heavy atom. The number of piperidine rings is 1. The highest BCUT2D eigenvalue weighted by molar-refractivity contribution is 5.73. The molecule has 1 fully saturated rings. The molecule has 1 aromatic rings. The molecule has 0 aliphatic carbocycles. The van der Waals surface area contributed by atoms with Crippen molar-refractivity contribution >= 4 is 5.97 Å². The highest BCUT2D eigenvalue weighted by Crippen LogP contribution is 2.24. The quantitative estimate of drug-likeness (QED) is 0.899. The Kier molecular flexibility index (Phi) is 4.24. The number of aryl methyl sites for hydroxylation is 2. The smallest absolute Gasteiger partial charge is 0.320 e. The zero-order valence-corrected chi connectivity index (χ0v) is 12.0. The van der Waals surface area contributed by atoms with Crippen LogP contribution >= 0.6 is 0 Å². The molecule has 1 N–H and O–H groups in total. The van der Waals surface area contributed by atoms with E-state index in [1.165, 1.54) is 0 Å². The van der Waals surface area contributed by atoms with Gasteiger partial charge in [0.2, 0.25) is 0 Å². The van der Waals surface area contributed by atoms with Crippen LogP contribution in [0.15, 0.2) is 6.07 Å². The maximum atomic E-state index is 11.4. The molecule has 0 spiro atoms. The van der Waals surface area contributed by atoms with E-state index in [1.807, 2.05) is 11.7 Å². The van der Waals surface area contributed by atoms with Crippen LogP contribution in [0.3, 0.4) is 0 Å². The van der Waals surface area contributed by atoms with Crippen LogP contribution in [-0.2, 0) is 24.8 Å². The van der Waals surface area contributed by atoms with Gasteiger partial charge < -0.3 is 5.11 Å². The van der Waals surface area contributed by atoms with Crippen molar-refractivity contribution in [3.05, 3.63) is 17.5 Å². The van der Waals surface area contributed by atoms with Crippen molar-refractivity contribution in [3.63, 3.8) is 0 Å². The molecule has 2 heterocycles. The lowest BCUT2D eigenvalue weighted by molar-refractivity contribution is -0.145. The summed E-state index contributed by atoms with van der Waals surface area (Å²) in [5.41, 5.74) is 2.16. The summed E-state index contributed by atoms with van der Waals surface area (Å²) in [7, 11) is 1.93. The van der Waals surface area contributed by atoms with Crippen LogP contribution in [0.25, 0.3) is 0 Å². The summed E-state index contributed by atoms with van der Waals surface area (Å²) in [6.45, 7) is 5.74. The highest BCUT2D eigenvalue weighted by Gasteiger charge is 2.32. The minimum Gasteiger partial charge on any atom is -0.480 e. The van der Waals surface area contributed by atoms with Gasteiger partial charge in [0.1, 0.15) is 6.04 Å². The molecule has 0 bridgehead atoms. The van der Waals surface area contributed by atoms with Crippen molar-refractivity contribution in [1.29, 1.82) is 0 Å². The molecule has 0 aromatic carbocycles. The Morgan fingerprint density at radius 3 is 2.89 bits per heavy atom. The molecular formula is C14H23N3O2. The summed E-state index contributed by atoms with van der Waals surface area (Å²) in [6, 6.07) is 1.72. The second-order valence-electron chi connectivity index (χ2n) is 5.56. The van der Waals surface area contributed by atoms with Crippen molar-refractivity contribution in [2.24, 2.45) is 13.0 Å². The Bertz CT molecular complexity index is 456. The summed E-state index contributed by atoms with van der Waals surface area (Å²) in [5, 5.41) is 13.8. The van der Waals surface area contributed by atoms with Gasteiger partial charge in [-0.2, -0.15) is 5.10 Å². The SMILES string of the molecule is CCc1cc(CN2CCC(C)CC2C(=O)O)n(C)n1. The van der Waals surface area contributed by atoms with Crippen molar-refractivity contribution < 1.29 is 9.90 Å². The third-order valence-corrected chi connectivity index (χ3v) is 4.02. The number of nitrogens with zero attached hydrogens (tertiary/aromatic N) is 3. The summed E-state index contributed by atoms with van der Waals surface area (Å²) in [6.07, 6.45) is 2.73. The Balaban J connectivity index is 2.11. The fourth-order valence-electron chi connectivity index (χ4n) is 2.74. The number of rotatable bonds is 4. The van der Waals surface area contributed by atoms with Gasteiger partial charge in [-0.3, -0.25) is 14.4 Å². The highest BCUT2D eigenvalue weighted by atomic mass is 16.4. The molecule has 106 valence electrons. The van der Waals surface area contributed by atoms with E-state index in [0.29, 0.717) is 12.5 Å². The van der Waals surface area contributed by atoms with Crippen molar-refractivity contribution in [2.75, 3.05) is 6.54 Å². The molecule has 1 saturated heterocycles. The first-order valence-electron chi connectivity index (χ1n) is 7.00. The molecule has 2 atom stereocenters. The van der Waals surface area contributed by atoms with Gasteiger partial charge in [-0.15, -0.1) is 0 Å². The lowest BCUT2D eigenvalue weighted by Gasteiger charge is -2.35. The number of hydrogen-bond donors (Lipinski definition) is 1. The molecule has 0 radical (unpaired) electrons. The third-order valence-electron chi connectivity index (χ3n) is 4.02. The third kappa shape index (κ3) is 3.15. The fourth-order valence-corrected chi connectivity index (χ4v) is 2.74. The van der Waals surface area contributed by atoms with Gasteiger partial charge in [0, 0.05) is 13.6 Å². The largest absolute Gasteiger partial charge is 0.480 e. The zero-order chi connectivity index (χ0) is 14.0. The second-order valence-corrected chi connectivity index (χ2v) is 5.56. The minimum absolute atomic E-state index is 0.358. The summed E-state index contributed by atoms with van der Waals surface area (Å²) >= 11 is 0. The van der Waals surface area contributed by atoms with Crippen LogP contribution in [0.4, 0.5) is 0 Å². The molecule has 2 rings (SSSR count). The predicted octanol–water partition coefficient (Wildman–Crippen LogP) is 1.67. The van der Waals surface area contributed by atoms with Gasteiger partial charge >= 0.3 is 5.97 Å². The molecule has 0 amide bonds. The maximum Gasteiger partial charge on any atom is 0.320 e. The molecule has 19 heavy (non-hydrogen) atoms. The van der Waals surface area contributed by atoms with Gasteiger partial charge in [-0.05, 0) is 37.8 Å². The number of carboxylic acids is 1. The van der Waals surface area contributed by atoms with Crippen molar-refractivity contribution in [3.8, 4) is 0 Å². The summed E-state index contributed by atoms with van der Waals surface area (Å²) < 4.78 is 1.87. The van der Waals surface area contributed by atoms with Crippen LogP contribution in [0.1, 0.15) is 38.1 Å². The van der Waals surface area contributed by atoms with E-state index in [1.54, 1.807) is 0 Å². The van der Waals surface area contributed by atoms with E-state index in [-0.39, 0.29) is 6.04 Å². The lowest BCUT2D eigenvalue weighted by Crippen LogP contribution is -2.46. The van der Waals surface area contributed by atoms with E-state index in [4.69, 9.17) is 0 Å². The molecule has 1 aromatic heterocycles. The first-order chi connectivity index (χ1) is 9.01. The summed E-state index contributed by atoms with van der Waals surface area (Å²) in [5.74, 6) is -0.209. The number of aromatic nitrogens is 2. The molecule has 0 saturated carbocycles. The molecular weight excluding hydrogens is 242 g/mol. The lowest BCUT2D eigenvalue weighted by atomic mass is 9.92. The van der Waals surface area contributed by atoms with Gasteiger partial charge in [-0.25, -0.2) is 0 Å². The Labute approximate surface area is 114 Å². The molecule has 5 nitrogen and oxygen atoms in total. The number of likely N-dealkylation sites (tertiary alicyclic amines) is 1. The normalized spacial score (nSPS) is 24.6. The van der Waals surface area contributed by atoms with Crippen LogP contribution in [0, 0.1) is 5.92 Å². The number of carbonyl (C=O) groups is 1. The van der Waals surface area contributed by atoms with Crippen molar-refractivity contribution in [1.82, 2.24) is 14.7 Å². The zero-order valence-electron chi connectivity index (χ0n) is 12.0. The standard InChI is InChI=1S/C14H23N3O2/c1-4-11-8-12(16(3)15-11)9-17-6-5-10(2)7-13(17)14(18)19/h8,10,13H,4-7,9H2,1-3H3,(H,18,19). The number of aliphatic carboxylic acids is 1. The first kappa shape index (κ1) is 14.1. The van der Waals surface area contributed by atoms with Gasteiger partial charge in [-0.1, -0.05) is 13.8 Å². The van der Waals surface area contributed by atoms with E-state index < -0.39 is 5.97 Å². The number of hydrogen-bond acceptors (Lipinski definition) is 3. The average molecular weight is 265 g/mol. The monoisotopic (exact) mass is 265 g/mol. The fraction of sp³-hybridized carbons (Fsp3) is 0.714. The first-order valence-corrected chi connectivity index (χ1v) is 7.00. The number of carboxylic acid groups (broad SMARTS) is 1. The summed E-state index contributed by atoms with van der Waals surface area (Å²) in [4.78, 5) is 13.5. The second kappa shape index (κ2) is 5.74. The van der Waals surface area contributed by atoms with E-state index in [0.717, 1.165) is 37.2 Å². The van der Waals surface area contributed by atoms with Crippen LogP contribution in [0.5, 0.6) is 0 Å². The predicted molar refractivity (Wildman–Crippen MR) is 72.8 cm³/mol. The topological polar surface area (TPSA) is 58.4 Å². The molecule has 1 aliphatic rings. The maximum absolute atomic E-state index is 11.4. The van der Waals surface area contributed by atoms with Crippen LogP contribution in [0.2, 0.25) is 0 Å². The van der Waals surface area contributed by atoms with E-state index in [2.05, 4.69) is 29.9 Å². The Hall–Kier alpha value is -1.36. The molecule has 5 heteroatoms. The average Bonchev–Trinajstić information content (AvgIpc) is 2.72. The van der Waals surface area contributed by atoms with Crippen LogP contribution < -0.4 is 0 Å². The van der Waals surface area contributed by atoms with E-state index >= 15 is 0 Å². The molecule has 2 unspecified atom stereocenters. The molecule has 1 aliphatic heterocycles. The van der Waals surface area contributed by atoms with Gasteiger partial charge in [0.15, 0.2) is 0 Å². The van der Waals surface area contributed by atoms with Gasteiger partial charge in [0.25, 0.3) is 0 Å².